The molecule has 10 nitrogen and oxygen atoms in total. The van der Waals surface area contributed by atoms with Crippen molar-refractivity contribution in [1.82, 2.24) is 20.3 Å². The molecule has 0 aliphatic heterocycles. The maximum Gasteiger partial charge on any atom is 0.251 e. The smallest absolute Gasteiger partial charge is 0.251 e. The standard InChI is InChI=1S/C39H45N7O3/c1-30-17-19-31(20-18-30)29-43-39-45-37(41-22-21-35(32-11-5-2-6-12-32)33-13-7-3-8-14-33)44-38(46-39)42-24-26-49-28-27-48-25-23-40-36(47)34-15-9-4-10-16-34/h2-20,35H,21-29H2,1H3,(H,40,47)(H3,41,42,43,44,45,46). The first-order chi connectivity index (χ1) is 24.1. The van der Waals surface area contributed by atoms with Gasteiger partial charge in [0, 0.05) is 37.7 Å². The van der Waals surface area contributed by atoms with Gasteiger partial charge in [0.25, 0.3) is 5.91 Å². The molecule has 0 radical (unpaired) electrons. The lowest BCUT2D eigenvalue weighted by Crippen LogP contribution is -2.27. The van der Waals surface area contributed by atoms with Crippen molar-refractivity contribution in [2.45, 2.75) is 25.8 Å². The van der Waals surface area contributed by atoms with Crippen LogP contribution < -0.4 is 21.3 Å². The van der Waals surface area contributed by atoms with Gasteiger partial charge in [0.05, 0.1) is 26.4 Å². The van der Waals surface area contributed by atoms with Crippen LogP contribution in [0.4, 0.5) is 17.8 Å². The maximum atomic E-state index is 12.1. The number of aryl methyl sites for hydroxylation is 1. The minimum atomic E-state index is -0.111. The average molecular weight is 660 g/mol. The monoisotopic (exact) mass is 659 g/mol. The second kappa shape index (κ2) is 19.5. The van der Waals surface area contributed by atoms with Crippen LogP contribution in [0.5, 0.6) is 0 Å². The molecule has 0 bridgehead atoms. The second-order valence-electron chi connectivity index (χ2n) is 11.5. The van der Waals surface area contributed by atoms with Gasteiger partial charge < -0.3 is 30.7 Å². The molecule has 0 fully saturated rings. The zero-order valence-electron chi connectivity index (χ0n) is 28.0. The van der Waals surface area contributed by atoms with Crippen LogP contribution >= 0.6 is 0 Å². The van der Waals surface area contributed by atoms with Gasteiger partial charge >= 0.3 is 0 Å². The number of carbonyl (C=O) groups excluding carboxylic acids is 1. The summed E-state index contributed by atoms with van der Waals surface area (Å²) in [5.41, 5.74) is 5.53. The largest absolute Gasteiger partial charge is 0.377 e. The Labute approximate surface area is 288 Å². The predicted molar refractivity (Wildman–Crippen MR) is 195 cm³/mol. The summed E-state index contributed by atoms with van der Waals surface area (Å²) in [5.74, 6) is 1.57. The van der Waals surface area contributed by atoms with E-state index in [9.17, 15) is 4.79 Å². The molecule has 1 heterocycles. The fourth-order valence-electron chi connectivity index (χ4n) is 5.21. The van der Waals surface area contributed by atoms with Crippen LogP contribution in [0.25, 0.3) is 0 Å². The highest BCUT2D eigenvalue weighted by Crippen LogP contribution is 2.27. The van der Waals surface area contributed by atoms with Crippen LogP contribution in [-0.4, -0.2) is 66.9 Å². The van der Waals surface area contributed by atoms with Crippen LogP contribution in [-0.2, 0) is 16.0 Å². The fourth-order valence-corrected chi connectivity index (χ4v) is 5.21. The molecule has 0 spiro atoms. The second-order valence-corrected chi connectivity index (χ2v) is 11.5. The Kier molecular flexibility index (Phi) is 13.9. The summed E-state index contributed by atoms with van der Waals surface area (Å²) in [7, 11) is 0. The van der Waals surface area contributed by atoms with Gasteiger partial charge in [0.2, 0.25) is 17.8 Å². The molecule has 0 atom stereocenters. The summed E-state index contributed by atoms with van der Waals surface area (Å²) < 4.78 is 11.3. The maximum absolute atomic E-state index is 12.1. The molecule has 1 amide bonds. The molecule has 0 aliphatic rings. The molecule has 49 heavy (non-hydrogen) atoms. The molecular weight excluding hydrogens is 614 g/mol. The number of benzene rings is 4. The number of rotatable bonds is 20. The lowest BCUT2D eigenvalue weighted by atomic mass is 9.88. The zero-order chi connectivity index (χ0) is 33.9. The molecule has 1 aromatic heterocycles. The SMILES string of the molecule is Cc1ccc(CNc2nc(NCCOCCOCCNC(=O)c3ccccc3)nc(NCCC(c3ccccc3)c3ccccc3)n2)cc1. The number of nitrogens with zero attached hydrogens (tertiary/aromatic N) is 3. The number of hydrogen-bond acceptors (Lipinski definition) is 9. The summed E-state index contributed by atoms with van der Waals surface area (Å²) in [6.45, 7) is 6.02. The molecule has 0 unspecified atom stereocenters. The van der Waals surface area contributed by atoms with Crippen molar-refractivity contribution in [1.29, 1.82) is 0 Å². The zero-order valence-corrected chi connectivity index (χ0v) is 28.0. The van der Waals surface area contributed by atoms with Crippen molar-refractivity contribution in [2.24, 2.45) is 0 Å². The van der Waals surface area contributed by atoms with Gasteiger partial charge in [0.15, 0.2) is 0 Å². The quantitative estimate of drug-likeness (QED) is 0.0713. The molecule has 0 saturated heterocycles. The summed E-state index contributed by atoms with van der Waals surface area (Å²) in [6.07, 6.45) is 0.865. The van der Waals surface area contributed by atoms with E-state index in [0.717, 1.165) is 12.0 Å². The summed E-state index contributed by atoms with van der Waals surface area (Å²) >= 11 is 0. The Hall–Kier alpha value is -5.32. The number of anilines is 3. The highest BCUT2D eigenvalue weighted by Gasteiger charge is 2.14. The average Bonchev–Trinajstić information content (AvgIpc) is 3.15. The Bertz CT molecular complexity index is 1630. The van der Waals surface area contributed by atoms with E-state index in [-0.39, 0.29) is 11.8 Å². The number of hydrogen-bond donors (Lipinski definition) is 4. The molecule has 0 saturated carbocycles. The van der Waals surface area contributed by atoms with Crippen molar-refractivity contribution in [3.05, 3.63) is 143 Å². The van der Waals surface area contributed by atoms with E-state index >= 15 is 0 Å². The van der Waals surface area contributed by atoms with Crippen molar-refractivity contribution < 1.29 is 14.3 Å². The first-order valence-electron chi connectivity index (χ1n) is 16.8. The molecule has 5 aromatic rings. The topological polar surface area (TPSA) is 122 Å². The normalized spacial score (nSPS) is 10.9. The van der Waals surface area contributed by atoms with E-state index in [1.54, 1.807) is 12.1 Å². The molecule has 4 N–H and O–H groups in total. The third-order valence-electron chi connectivity index (χ3n) is 7.80. The van der Waals surface area contributed by atoms with Gasteiger partial charge in [0.1, 0.15) is 0 Å². The Morgan fingerprint density at radius 2 is 1.10 bits per heavy atom. The Balaban J connectivity index is 1.09. The predicted octanol–water partition coefficient (Wildman–Crippen LogP) is 6.30. The molecule has 254 valence electrons. The number of ether oxygens (including phenoxy) is 2. The van der Waals surface area contributed by atoms with Gasteiger partial charge in [-0.25, -0.2) is 0 Å². The lowest BCUT2D eigenvalue weighted by molar-refractivity contribution is 0.0519. The first-order valence-corrected chi connectivity index (χ1v) is 16.8. The van der Waals surface area contributed by atoms with Gasteiger partial charge in [-0.3, -0.25) is 4.79 Å². The van der Waals surface area contributed by atoms with Crippen LogP contribution in [0, 0.1) is 6.92 Å². The van der Waals surface area contributed by atoms with E-state index in [1.807, 2.05) is 30.3 Å². The van der Waals surface area contributed by atoms with Gasteiger partial charge in [-0.2, -0.15) is 15.0 Å². The van der Waals surface area contributed by atoms with E-state index in [1.165, 1.54) is 16.7 Å². The van der Waals surface area contributed by atoms with E-state index in [4.69, 9.17) is 9.47 Å². The van der Waals surface area contributed by atoms with Crippen molar-refractivity contribution >= 4 is 23.8 Å². The number of amides is 1. The lowest BCUT2D eigenvalue weighted by Gasteiger charge is -2.19. The number of carbonyl (C=O) groups is 1. The third kappa shape index (κ3) is 12.0. The third-order valence-corrected chi connectivity index (χ3v) is 7.80. The van der Waals surface area contributed by atoms with Crippen LogP contribution in [0.15, 0.2) is 115 Å². The van der Waals surface area contributed by atoms with E-state index in [0.29, 0.717) is 76.0 Å². The molecular formula is C39H45N7O3. The highest BCUT2D eigenvalue weighted by atomic mass is 16.5. The minimum Gasteiger partial charge on any atom is -0.377 e. The number of aromatic nitrogens is 3. The van der Waals surface area contributed by atoms with Crippen molar-refractivity contribution in [2.75, 3.05) is 62.0 Å². The summed E-state index contributed by atoms with van der Waals surface area (Å²) in [5, 5.41) is 12.9. The van der Waals surface area contributed by atoms with Gasteiger partial charge in [-0.15, -0.1) is 0 Å². The van der Waals surface area contributed by atoms with Crippen LogP contribution in [0.1, 0.15) is 45.0 Å². The summed E-state index contributed by atoms with van der Waals surface area (Å²) in [4.78, 5) is 26.0. The molecule has 0 aliphatic carbocycles. The molecule has 5 rings (SSSR count). The van der Waals surface area contributed by atoms with Crippen molar-refractivity contribution in [3.63, 3.8) is 0 Å². The fraction of sp³-hybridized carbons (Fsp3) is 0.282. The minimum absolute atomic E-state index is 0.111. The van der Waals surface area contributed by atoms with Crippen molar-refractivity contribution in [3.8, 4) is 0 Å². The van der Waals surface area contributed by atoms with E-state index < -0.39 is 0 Å². The van der Waals surface area contributed by atoms with Crippen LogP contribution in [0.3, 0.4) is 0 Å². The Morgan fingerprint density at radius 1 is 0.592 bits per heavy atom. The van der Waals surface area contributed by atoms with Crippen LogP contribution in [0.2, 0.25) is 0 Å². The molecule has 10 heteroatoms. The van der Waals surface area contributed by atoms with Gasteiger partial charge in [-0.1, -0.05) is 109 Å². The first kappa shape index (κ1) is 35.0. The Morgan fingerprint density at radius 3 is 1.69 bits per heavy atom. The van der Waals surface area contributed by atoms with E-state index in [2.05, 4.69) is 116 Å². The molecule has 4 aromatic carbocycles. The summed E-state index contributed by atoms with van der Waals surface area (Å²) in [6, 6.07) is 38.6. The highest BCUT2D eigenvalue weighted by molar-refractivity contribution is 5.94. The van der Waals surface area contributed by atoms with Gasteiger partial charge in [-0.05, 0) is 42.2 Å². The number of nitrogens with one attached hydrogen (secondary N) is 4.